The lowest BCUT2D eigenvalue weighted by Gasteiger charge is -2.19. The maximum atomic E-state index is 11.4. The van der Waals surface area contributed by atoms with Gasteiger partial charge in [0, 0.05) is 0 Å². The number of esters is 1. The molecule has 0 saturated carbocycles. The normalized spacial score (nSPS) is 15.1. The molecule has 2 aromatic rings. The third-order valence-electron chi connectivity index (χ3n) is 6.43. The van der Waals surface area contributed by atoms with Crippen LogP contribution in [0.25, 0.3) is 6.08 Å². The Hall–Kier alpha value is -2.39. The summed E-state index contributed by atoms with van der Waals surface area (Å²) in [6, 6.07) is 17.4. The maximum absolute atomic E-state index is 11.4. The second kappa shape index (κ2) is 15.5. The van der Waals surface area contributed by atoms with Crippen molar-refractivity contribution in [1.82, 2.24) is 0 Å². The summed E-state index contributed by atoms with van der Waals surface area (Å²) in [5, 5.41) is 0. The molecule has 2 aromatic carbocycles. The van der Waals surface area contributed by atoms with E-state index in [4.69, 9.17) is 9.47 Å². The monoisotopic (exact) mass is 466 g/mol. The molecule has 3 heteroatoms. The van der Waals surface area contributed by atoms with Crippen LogP contribution in [0.15, 0.2) is 55.1 Å². The van der Waals surface area contributed by atoms with Crippen LogP contribution in [-0.4, -0.2) is 25.3 Å². The number of aryl methyl sites for hydroxylation is 2. The first-order valence-corrected chi connectivity index (χ1v) is 12.8. The van der Waals surface area contributed by atoms with Gasteiger partial charge in [-0.15, -0.1) is 0 Å². The number of carbonyl (C=O) groups excluding carboxylic acids is 1. The summed E-state index contributed by atoms with van der Waals surface area (Å²) >= 11 is 0. The molecule has 0 aromatic heterocycles. The number of carbonyl (C=O) groups is 1. The average Bonchev–Trinajstić information content (AvgIpc) is 3.72. The topological polar surface area (TPSA) is 38.8 Å². The highest BCUT2D eigenvalue weighted by atomic mass is 16.6. The fourth-order valence-electron chi connectivity index (χ4n) is 2.88. The molecule has 2 atom stereocenters. The lowest BCUT2D eigenvalue weighted by atomic mass is 9.91. The maximum Gasteiger partial charge on any atom is 0.311 e. The van der Waals surface area contributed by atoms with Crippen LogP contribution in [0.1, 0.15) is 89.5 Å². The second-order valence-electron chi connectivity index (χ2n) is 9.49. The van der Waals surface area contributed by atoms with E-state index in [0.717, 1.165) is 25.9 Å². The predicted molar refractivity (Wildman–Crippen MR) is 145 cm³/mol. The number of hydrogen-bond acceptors (Lipinski definition) is 3. The van der Waals surface area contributed by atoms with Crippen molar-refractivity contribution in [1.29, 1.82) is 0 Å². The first-order chi connectivity index (χ1) is 16.2. The molecule has 3 rings (SSSR count). The van der Waals surface area contributed by atoms with Gasteiger partial charge in [0.25, 0.3) is 0 Å². The Morgan fingerprint density at radius 2 is 1.53 bits per heavy atom. The molecule has 0 bridgehead atoms. The first kappa shape index (κ1) is 29.6. The van der Waals surface area contributed by atoms with Crippen molar-refractivity contribution in [2.75, 3.05) is 13.2 Å². The quantitative estimate of drug-likeness (QED) is 0.277. The first-order valence-electron chi connectivity index (χ1n) is 12.8. The summed E-state index contributed by atoms with van der Waals surface area (Å²) in [6.07, 6.45) is 6.31. The number of epoxide rings is 1. The van der Waals surface area contributed by atoms with E-state index in [2.05, 4.69) is 82.8 Å². The Morgan fingerprint density at radius 1 is 1.03 bits per heavy atom. The standard InChI is InChI=1S/C12H18.C10H12.C9H16O3/c1-4-10(3)12-8-6-11(5-2)7-9-12;1-3-9-5-7-10(4-2)8-6-9;1-4-9(2,3)8(10)12-6-7-5-11-7/h6-10H,4-5H2,1-3H3;3,5-8H,1,4H2,2H3;7H,4-6H2,1-3H3. The van der Waals surface area contributed by atoms with Crippen molar-refractivity contribution in [3.63, 3.8) is 0 Å². The van der Waals surface area contributed by atoms with Gasteiger partial charge in [0.1, 0.15) is 12.7 Å². The lowest BCUT2D eigenvalue weighted by Crippen LogP contribution is -2.27. The zero-order chi connectivity index (χ0) is 25.6. The van der Waals surface area contributed by atoms with Crippen LogP contribution >= 0.6 is 0 Å². The van der Waals surface area contributed by atoms with Gasteiger partial charge >= 0.3 is 5.97 Å². The Kier molecular flexibility index (Phi) is 13.5. The van der Waals surface area contributed by atoms with Crippen LogP contribution in [0, 0.1) is 5.41 Å². The fourth-order valence-corrected chi connectivity index (χ4v) is 2.88. The van der Waals surface area contributed by atoms with Gasteiger partial charge in [0.05, 0.1) is 12.0 Å². The number of benzene rings is 2. The molecule has 0 aliphatic carbocycles. The van der Waals surface area contributed by atoms with Crippen molar-refractivity contribution >= 4 is 12.0 Å². The Bertz CT molecular complexity index is 830. The van der Waals surface area contributed by atoms with E-state index in [9.17, 15) is 4.79 Å². The lowest BCUT2D eigenvalue weighted by molar-refractivity contribution is -0.154. The molecule has 2 unspecified atom stereocenters. The molecular formula is C31H46O3. The molecule has 1 heterocycles. The summed E-state index contributed by atoms with van der Waals surface area (Å²) in [4.78, 5) is 11.4. The smallest absolute Gasteiger partial charge is 0.311 e. The van der Waals surface area contributed by atoms with Crippen LogP contribution in [0.3, 0.4) is 0 Å². The predicted octanol–water partition coefficient (Wildman–Crippen LogP) is 8.02. The molecule has 0 amide bonds. The SMILES string of the molecule is C=Cc1ccc(CC)cc1.CCC(C)(C)C(=O)OCC1CO1.CCc1ccc(C(C)CC)cc1. The van der Waals surface area contributed by atoms with E-state index < -0.39 is 0 Å². The Labute approximate surface area is 208 Å². The van der Waals surface area contributed by atoms with E-state index in [0.29, 0.717) is 12.5 Å². The van der Waals surface area contributed by atoms with Gasteiger partial charge in [-0.25, -0.2) is 0 Å². The van der Waals surface area contributed by atoms with Crippen LogP contribution in [-0.2, 0) is 27.1 Å². The molecular weight excluding hydrogens is 420 g/mol. The number of rotatable bonds is 9. The third-order valence-corrected chi connectivity index (χ3v) is 6.43. The van der Waals surface area contributed by atoms with E-state index in [1.165, 1.54) is 28.7 Å². The summed E-state index contributed by atoms with van der Waals surface area (Å²) in [5.74, 6) is 0.580. The molecule has 0 spiro atoms. The van der Waals surface area contributed by atoms with Crippen LogP contribution in [0.2, 0.25) is 0 Å². The number of hydrogen-bond donors (Lipinski definition) is 0. The molecule has 1 aliphatic heterocycles. The van der Waals surface area contributed by atoms with Crippen molar-refractivity contribution in [2.24, 2.45) is 5.41 Å². The van der Waals surface area contributed by atoms with Crippen LogP contribution in [0.4, 0.5) is 0 Å². The van der Waals surface area contributed by atoms with Crippen molar-refractivity contribution in [3.8, 4) is 0 Å². The van der Waals surface area contributed by atoms with Crippen LogP contribution in [0.5, 0.6) is 0 Å². The minimum Gasteiger partial charge on any atom is -0.462 e. The van der Waals surface area contributed by atoms with Gasteiger partial charge in [-0.2, -0.15) is 0 Å². The van der Waals surface area contributed by atoms with Crippen LogP contribution < -0.4 is 0 Å². The largest absolute Gasteiger partial charge is 0.462 e. The summed E-state index contributed by atoms with van der Waals surface area (Å²) < 4.78 is 9.99. The summed E-state index contributed by atoms with van der Waals surface area (Å²) in [7, 11) is 0. The Balaban J connectivity index is 0.000000256. The van der Waals surface area contributed by atoms with E-state index in [1.54, 1.807) is 0 Å². The van der Waals surface area contributed by atoms with E-state index in [-0.39, 0.29) is 17.5 Å². The molecule has 0 radical (unpaired) electrons. The van der Waals surface area contributed by atoms with Crippen molar-refractivity contribution in [3.05, 3.63) is 77.4 Å². The molecule has 34 heavy (non-hydrogen) atoms. The molecule has 0 N–H and O–H groups in total. The van der Waals surface area contributed by atoms with Gasteiger partial charge in [-0.1, -0.05) is 95.8 Å². The highest BCUT2D eigenvalue weighted by Crippen LogP contribution is 2.22. The third kappa shape index (κ3) is 11.2. The highest BCUT2D eigenvalue weighted by Gasteiger charge is 2.30. The Morgan fingerprint density at radius 3 is 1.91 bits per heavy atom. The second-order valence-corrected chi connectivity index (χ2v) is 9.49. The minimum atomic E-state index is -0.352. The van der Waals surface area contributed by atoms with Gasteiger partial charge in [0.15, 0.2) is 0 Å². The molecule has 1 saturated heterocycles. The van der Waals surface area contributed by atoms with E-state index in [1.807, 2.05) is 26.8 Å². The van der Waals surface area contributed by atoms with Gasteiger partial charge in [0.2, 0.25) is 0 Å². The zero-order valence-corrected chi connectivity index (χ0v) is 22.5. The zero-order valence-electron chi connectivity index (χ0n) is 22.5. The molecule has 188 valence electrons. The average molecular weight is 467 g/mol. The van der Waals surface area contributed by atoms with Gasteiger partial charge in [-0.3, -0.25) is 4.79 Å². The highest BCUT2D eigenvalue weighted by molar-refractivity contribution is 5.75. The van der Waals surface area contributed by atoms with Gasteiger partial charge in [-0.05, 0) is 67.7 Å². The minimum absolute atomic E-state index is 0.125. The van der Waals surface area contributed by atoms with Crippen molar-refractivity contribution < 1.29 is 14.3 Å². The summed E-state index contributed by atoms with van der Waals surface area (Å²) in [5.41, 5.74) is 5.12. The fraction of sp³-hybridized carbons (Fsp3) is 0.516. The summed E-state index contributed by atoms with van der Waals surface area (Å²) in [6.45, 7) is 19.5. The molecule has 1 aliphatic rings. The van der Waals surface area contributed by atoms with Crippen molar-refractivity contribution in [2.45, 2.75) is 86.2 Å². The number of ether oxygens (including phenoxy) is 2. The molecule has 3 nitrogen and oxygen atoms in total. The van der Waals surface area contributed by atoms with E-state index >= 15 is 0 Å². The molecule has 1 fully saturated rings. The van der Waals surface area contributed by atoms with Gasteiger partial charge < -0.3 is 9.47 Å².